The van der Waals surface area contributed by atoms with Crippen molar-refractivity contribution in [1.82, 2.24) is 0 Å². The predicted molar refractivity (Wildman–Crippen MR) is 134 cm³/mol. The third-order valence-corrected chi connectivity index (χ3v) is 6.41. The second-order valence-electron chi connectivity index (χ2n) is 9.19. The summed E-state index contributed by atoms with van der Waals surface area (Å²) in [5.41, 5.74) is 2.02. The maximum absolute atomic E-state index is 10.1. The highest BCUT2D eigenvalue weighted by Crippen LogP contribution is 2.28. The minimum atomic E-state index is -1.47. The van der Waals surface area contributed by atoms with Crippen LogP contribution in [0.25, 0.3) is 11.1 Å². The zero-order valence-corrected chi connectivity index (χ0v) is 20.6. The number of rotatable bonds is 14. The molecule has 0 unspecified atom stereocenters. The molecule has 7 heteroatoms. The Bertz CT molecular complexity index is 837. The van der Waals surface area contributed by atoms with Gasteiger partial charge < -0.3 is 34.6 Å². The highest BCUT2D eigenvalue weighted by Gasteiger charge is 2.44. The predicted octanol–water partition coefficient (Wildman–Crippen LogP) is 4.05. The summed E-state index contributed by atoms with van der Waals surface area (Å²) in [5.74, 6) is 1.29. The second kappa shape index (κ2) is 14.4. The molecule has 194 valence electrons. The van der Waals surface area contributed by atoms with E-state index in [0.29, 0.717) is 5.75 Å². The van der Waals surface area contributed by atoms with Gasteiger partial charge in [0.25, 0.3) is 0 Å². The molecule has 5 atom stereocenters. The van der Waals surface area contributed by atoms with Gasteiger partial charge >= 0.3 is 0 Å². The van der Waals surface area contributed by atoms with Crippen LogP contribution in [0.4, 0.5) is 0 Å². The summed E-state index contributed by atoms with van der Waals surface area (Å²) in [6.45, 7) is 2.48. The number of aliphatic hydroxyl groups excluding tert-OH is 4. The van der Waals surface area contributed by atoms with Gasteiger partial charge in [0.2, 0.25) is 6.29 Å². The lowest BCUT2D eigenvalue weighted by Crippen LogP contribution is -2.60. The molecule has 2 aromatic carbocycles. The zero-order chi connectivity index (χ0) is 25.0. The fourth-order valence-corrected chi connectivity index (χ4v) is 4.19. The van der Waals surface area contributed by atoms with Gasteiger partial charge in [-0.05, 0) is 41.8 Å². The topological polar surface area (TPSA) is 109 Å². The quantitative estimate of drug-likeness (QED) is 0.297. The molecule has 0 amide bonds. The summed E-state index contributed by atoms with van der Waals surface area (Å²) in [6.07, 6.45) is 3.69. The Hall–Kier alpha value is -2.16. The molecule has 0 aromatic heterocycles. The number of aliphatic hydroxyl groups is 4. The Morgan fingerprint density at radius 2 is 1.23 bits per heavy atom. The van der Waals surface area contributed by atoms with Crippen molar-refractivity contribution in [3.63, 3.8) is 0 Å². The maximum Gasteiger partial charge on any atom is 0.229 e. The lowest BCUT2D eigenvalue weighted by molar-refractivity contribution is -0.277. The molecule has 2 aromatic rings. The molecule has 0 spiro atoms. The van der Waals surface area contributed by atoms with Crippen LogP contribution in [0.3, 0.4) is 0 Å². The fourth-order valence-electron chi connectivity index (χ4n) is 4.19. The average Bonchev–Trinajstić information content (AvgIpc) is 2.89. The highest BCUT2D eigenvalue weighted by atomic mass is 16.7. The van der Waals surface area contributed by atoms with Gasteiger partial charge in [0.1, 0.15) is 35.9 Å². The van der Waals surface area contributed by atoms with Gasteiger partial charge in [0.05, 0.1) is 13.2 Å². The molecule has 1 fully saturated rings. The molecule has 0 bridgehead atoms. The van der Waals surface area contributed by atoms with Crippen LogP contribution >= 0.6 is 0 Å². The first kappa shape index (κ1) is 27.4. The molecule has 4 N–H and O–H groups in total. The second-order valence-corrected chi connectivity index (χ2v) is 9.19. The van der Waals surface area contributed by atoms with Crippen molar-refractivity contribution in [2.75, 3.05) is 13.2 Å². The van der Waals surface area contributed by atoms with Crippen LogP contribution in [0.1, 0.15) is 58.3 Å². The van der Waals surface area contributed by atoms with Crippen LogP contribution < -0.4 is 9.47 Å². The molecular weight excluding hydrogens is 448 g/mol. The number of hydrogen-bond donors (Lipinski definition) is 4. The van der Waals surface area contributed by atoms with Crippen LogP contribution in [-0.4, -0.2) is 64.3 Å². The maximum atomic E-state index is 10.1. The van der Waals surface area contributed by atoms with Gasteiger partial charge in [-0.2, -0.15) is 0 Å². The molecule has 7 nitrogen and oxygen atoms in total. The van der Waals surface area contributed by atoms with Crippen LogP contribution in [0.5, 0.6) is 11.5 Å². The summed E-state index contributed by atoms with van der Waals surface area (Å²) in [4.78, 5) is 0. The van der Waals surface area contributed by atoms with E-state index in [9.17, 15) is 20.4 Å². The van der Waals surface area contributed by atoms with E-state index >= 15 is 0 Å². The number of unbranched alkanes of at least 4 members (excludes halogenated alkanes) is 7. The SMILES string of the molecule is CCCCCCCCCCOc1ccc(-c2ccc(O[C@@H]3O[C@H](CO)[C@@H](O)[C@H](O)[C@H]3O)cc2)cc1. The molecule has 0 radical (unpaired) electrons. The normalized spacial score (nSPS) is 24.3. The zero-order valence-electron chi connectivity index (χ0n) is 20.6. The molecular formula is C28H40O7. The van der Waals surface area contributed by atoms with Crippen LogP contribution in [0.2, 0.25) is 0 Å². The van der Waals surface area contributed by atoms with Gasteiger partial charge in [0.15, 0.2) is 0 Å². The Morgan fingerprint density at radius 3 is 1.80 bits per heavy atom. The van der Waals surface area contributed by atoms with E-state index in [4.69, 9.17) is 14.2 Å². The summed E-state index contributed by atoms with van der Waals surface area (Å²) in [7, 11) is 0. The summed E-state index contributed by atoms with van der Waals surface area (Å²) < 4.78 is 16.9. The van der Waals surface area contributed by atoms with Crippen molar-refractivity contribution in [3.8, 4) is 22.6 Å². The van der Waals surface area contributed by atoms with Crippen molar-refractivity contribution in [1.29, 1.82) is 0 Å². The molecule has 0 aliphatic carbocycles. The Morgan fingerprint density at radius 1 is 0.686 bits per heavy atom. The van der Waals surface area contributed by atoms with E-state index in [0.717, 1.165) is 29.9 Å². The van der Waals surface area contributed by atoms with Crippen molar-refractivity contribution >= 4 is 0 Å². The van der Waals surface area contributed by atoms with Crippen LogP contribution in [0, 0.1) is 0 Å². The Balaban J connectivity index is 1.43. The van der Waals surface area contributed by atoms with Gasteiger partial charge in [-0.15, -0.1) is 0 Å². The third-order valence-electron chi connectivity index (χ3n) is 6.41. The van der Waals surface area contributed by atoms with E-state index < -0.39 is 37.3 Å². The van der Waals surface area contributed by atoms with E-state index in [2.05, 4.69) is 6.92 Å². The largest absolute Gasteiger partial charge is 0.494 e. The standard InChI is InChI=1S/C28H40O7/c1-2-3-4-5-6-7-8-9-18-33-22-14-10-20(11-15-22)21-12-16-23(17-13-21)34-28-27(32)26(31)25(30)24(19-29)35-28/h10-17,24-32H,2-9,18-19H2,1H3/t24-,25-,26+,27-,28-/m1/s1. The first-order valence-corrected chi connectivity index (χ1v) is 12.8. The van der Waals surface area contributed by atoms with E-state index in [1.165, 1.54) is 44.9 Å². The Labute approximate surface area is 208 Å². The van der Waals surface area contributed by atoms with Gasteiger partial charge in [0, 0.05) is 0 Å². The average molecular weight is 489 g/mol. The summed E-state index contributed by atoms with van der Waals surface area (Å²) in [6, 6.07) is 15.2. The number of benzene rings is 2. The van der Waals surface area contributed by atoms with Crippen molar-refractivity contribution < 1.29 is 34.6 Å². The van der Waals surface area contributed by atoms with E-state index in [-0.39, 0.29) is 0 Å². The first-order valence-electron chi connectivity index (χ1n) is 12.8. The van der Waals surface area contributed by atoms with Crippen molar-refractivity contribution in [3.05, 3.63) is 48.5 Å². The monoisotopic (exact) mass is 488 g/mol. The molecule has 1 saturated heterocycles. The Kier molecular flexibility index (Phi) is 11.3. The third kappa shape index (κ3) is 8.19. The fraction of sp³-hybridized carbons (Fsp3) is 0.571. The summed E-state index contributed by atoms with van der Waals surface area (Å²) in [5, 5.41) is 39.2. The molecule has 1 aliphatic rings. The van der Waals surface area contributed by atoms with Gasteiger partial charge in [-0.1, -0.05) is 76.1 Å². The lowest BCUT2D eigenvalue weighted by atomic mass is 9.99. The number of hydrogen-bond acceptors (Lipinski definition) is 7. The van der Waals surface area contributed by atoms with E-state index in [1.807, 2.05) is 36.4 Å². The van der Waals surface area contributed by atoms with Gasteiger partial charge in [-0.3, -0.25) is 0 Å². The van der Waals surface area contributed by atoms with Crippen LogP contribution in [-0.2, 0) is 4.74 Å². The van der Waals surface area contributed by atoms with Crippen molar-refractivity contribution in [2.24, 2.45) is 0 Å². The highest BCUT2D eigenvalue weighted by molar-refractivity contribution is 5.64. The lowest BCUT2D eigenvalue weighted by Gasteiger charge is -2.39. The molecule has 35 heavy (non-hydrogen) atoms. The number of ether oxygens (including phenoxy) is 3. The smallest absolute Gasteiger partial charge is 0.229 e. The first-order chi connectivity index (χ1) is 17.0. The van der Waals surface area contributed by atoms with Gasteiger partial charge in [-0.25, -0.2) is 0 Å². The molecule has 1 aliphatic heterocycles. The summed E-state index contributed by atoms with van der Waals surface area (Å²) >= 11 is 0. The molecule has 1 heterocycles. The molecule has 3 rings (SSSR count). The van der Waals surface area contributed by atoms with Crippen LogP contribution in [0.15, 0.2) is 48.5 Å². The minimum absolute atomic E-state index is 0.434. The minimum Gasteiger partial charge on any atom is -0.494 e. The van der Waals surface area contributed by atoms with E-state index in [1.54, 1.807) is 12.1 Å². The van der Waals surface area contributed by atoms with Crippen molar-refractivity contribution in [2.45, 2.75) is 89.0 Å². The molecule has 0 saturated carbocycles.